The van der Waals surface area contributed by atoms with Crippen molar-refractivity contribution in [3.63, 3.8) is 0 Å². The van der Waals surface area contributed by atoms with E-state index in [-0.39, 0.29) is 29.4 Å². The summed E-state index contributed by atoms with van der Waals surface area (Å²) >= 11 is 5.92. The van der Waals surface area contributed by atoms with Gasteiger partial charge in [0.25, 0.3) is 5.91 Å². The van der Waals surface area contributed by atoms with Crippen molar-refractivity contribution >= 4 is 33.2 Å². The van der Waals surface area contributed by atoms with Crippen LogP contribution in [0.2, 0.25) is 5.02 Å². The van der Waals surface area contributed by atoms with Gasteiger partial charge in [0.05, 0.1) is 29.1 Å². The zero-order valence-electron chi connectivity index (χ0n) is 13.2. The molecule has 1 amide bonds. The molecule has 0 aliphatic rings. The fourth-order valence-corrected chi connectivity index (χ4v) is 3.28. The van der Waals surface area contributed by atoms with Gasteiger partial charge in [0, 0.05) is 12.6 Å². The van der Waals surface area contributed by atoms with Crippen LogP contribution in [0.4, 0.5) is 14.5 Å². The van der Waals surface area contributed by atoms with E-state index in [9.17, 15) is 22.0 Å². The third kappa shape index (κ3) is 4.90. The summed E-state index contributed by atoms with van der Waals surface area (Å²) in [5, 5.41) is 2.81. The van der Waals surface area contributed by atoms with E-state index in [1.165, 1.54) is 6.07 Å². The highest BCUT2D eigenvalue weighted by atomic mass is 35.5. The Morgan fingerprint density at radius 1 is 1.16 bits per heavy atom. The summed E-state index contributed by atoms with van der Waals surface area (Å²) < 4.78 is 51.1. The van der Waals surface area contributed by atoms with Gasteiger partial charge in [-0.1, -0.05) is 23.7 Å². The Morgan fingerprint density at radius 2 is 1.84 bits per heavy atom. The van der Waals surface area contributed by atoms with Crippen LogP contribution in [0.15, 0.2) is 42.5 Å². The van der Waals surface area contributed by atoms with Crippen LogP contribution in [0.1, 0.15) is 10.4 Å². The Hall–Kier alpha value is -2.19. The van der Waals surface area contributed by atoms with Crippen LogP contribution < -0.4 is 9.62 Å². The van der Waals surface area contributed by atoms with Crippen molar-refractivity contribution in [3.05, 3.63) is 64.7 Å². The maximum Gasteiger partial charge on any atom is 0.252 e. The molecule has 2 rings (SSSR count). The van der Waals surface area contributed by atoms with Crippen LogP contribution in [-0.2, 0) is 10.0 Å². The highest BCUT2D eigenvalue weighted by Crippen LogP contribution is 2.20. The number of rotatable bonds is 6. The number of nitrogens with zero attached hydrogens (tertiary/aromatic N) is 1. The quantitative estimate of drug-likeness (QED) is 0.827. The monoisotopic (exact) mass is 388 g/mol. The highest BCUT2D eigenvalue weighted by molar-refractivity contribution is 7.92. The fourth-order valence-electron chi connectivity index (χ4n) is 2.14. The number of nitrogens with one attached hydrogen (secondary N) is 1. The average Bonchev–Trinajstić information content (AvgIpc) is 2.53. The first kappa shape index (κ1) is 19.1. The van der Waals surface area contributed by atoms with Crippen molar-refractivity contribution in [1.29, 1.82) is 0 Å². The Balaban J connectivity index is 2.10. The summed E-state index contributed by atoms with van der Waals surface area (Å²) in [7, 11) is -3.75. The summed E-state index contributed by atoms with van der Waals surface area (Å²) in [6.45, 7) is -0.198. The molecule has 0 atom stereocenters. The van der Waals surface area contributed by atoms with E-state index >= 15 is 0 Å². The van der Waals surface area contributed by atoms with Gasteiger partial charge in [-0.3, -0.25) is 9.10 Å². The molecule has 0 aliphatic heterocycles. The van der Waals surface area contributed by atoms with E-state index in [0.29, 0.717) is 0 Å². The molecule has 0 unspecified atom stereocenters. The normalized spacial score (nSPS) is 11.2. The van der Waals surface area contributed by atoms with Crippen LogP contribution in [-0.4, -0.2) is 33.7 Å². The summed E-state index contributed by atoms with van der Waals surface area (Å²) in [4.78, 5) is 12.1. The number of hydrogen-bond acceptors (Lipinski definition) is 3. The number of benzene rings is 2. The van der Waals surface area contributed by atoms with Crippen molar-refractivity contribution in [2.45, 2.75) is 0 Å². The van der Waals surface area contributed by atoms with Crippen LogP contribution in [0, 0.1) is 11.6 Å². The van der Waals surface area contributed by atoms with Crippen molar-refractivity contribution in [2.75, 3.05) is 23.7 Å². The Kier molecular flexibility index (Phi) is 5.97. The topological polar surface area (TPSA) is 66.5 Å². The molecule has 0 aromatic heterocycles. The van der Waals surface area contributed by atoms with Crippen LogP contribution in [0.5, 0.6) is 0 Å². The molecule has 2 aromatic carbocycles. The molecule has 5 nitrogen and oxygen atoms in total. The Bertz CT molecular complexity index is 891. The molecule has 0 heterocycles. The predicted octanol–water partition coefficient (Wildman–Crippen LogP) is 2.81. The van der Waals surface area contributed by atoms with Gasteiger partial charge >= 0.3 is 0 Å². The second kappa shape index (κ2) is 7.79. The fraction of sp³-hybridized carbons (Fsp3) is 0.188. The van der Waals surface area contributed by atoms with Crippen molar-refractivity contribution in [1.82, 2.24) is 5.32 Å². The third-order valence-electron chi connectivity index (χ3n) is 3.31. The van der Waals surface area contributed by atoms with Crippen LogP contribution in [0.3, 0.4) is 0 Å². The first-order valence-electron chi connectivity index (χ1n) is 7.15. The van der Waals surface area contributed by atoms with E-state index in [1.54, 1.807) is 18.2 Å². The molecule has 0 bridgehead atoms. The first-order chi connectivity index (χ1) is 11.7. The predicted molar refractivity (Wildman–Crippen MR) is 92.3 cm³/mol. The summed E-state index contributed by atoms with van der Waals surface area (Å²) in [5.41, 5.74) is 0.219. The van der Waals surface area contributed by atoms with Crippen molar-refractivity contribution in [3.8, 4) is 0 Å². The molecule has 0 saturated carbocycles. The second-order valence-electron chi connectivity index (χ2n) is 5.17. The molecule has 0 radical (unpaired) electrons. The van der Waals surface area contributed by atoms with E-state index in [1.807, 2.05) is 0 Å². The largest absolute Gasteiger partial charge is 0.350 e. The zero-order valence-corrected chi connectivity index (χ0v) is 14.7. The molecule has 0 spiro atoms. The standard InChI is InChI=1S/C16H15ClF2N2O3S/c1-25(23,24)21(11-6-7-14(18)15(19)10-11)9-8-20-16(22)12-4-2-3-5-13(12)17/h2-7,10H,8-9H2,1H3,(H,20,22). The van der Waals surface area contributed by atoms with Gasteiger partial charge in [-0.15, -0.1) is 0 Å². The molecular formula is C16H15ClF2N2O3S. The Labute approximate surface area is 149 Å². The van der Waals surface area contributed by atoms with E-state index in [0.717, 1.165) is 28.8 Å². The lowest BCUT2D eigenvalue weighted by Crippen LogP contribution is -2.38. The first-order valence-corrected chi connectivity index (χ1v) is 9.38. The molecule has 25 heavy (non-hydrogen) atoms. The lowest BCUT2D eigenvalue weighted by Gasteiger charge is -2.22. The minimum absolute atomic E-state index is 0.0339. The number of hydrogen-bond donors (Lipinski definition) is 1. The smallest absolute Gasteiger partial charge is 0.252 e. The zero-order chi connectivity index (χ0) is 18.6. The lowest BCUT2D eigenvalue weighted by molar-refractivity contribution is 0.0955. The third-order valence-corrected chi connectivity index (χ3v) is 4.83. The SMILES string of the molecule is CS(=O)(=O)N(CCNC(=O)c1ccccc1Cl)c1ccc(F)c(F)c1. The molecular weight excluding hydrogens is 374 g/mol. The number of carbonyl (C=O) groups is 1. The Morgan fingerprint density at radius 3 is 2.44 bits per heavy atom. The molecule has 2 aromatic rings. The number of sulfonamides is 1. The van der Waals surface area contributed by atoms with E-state index < -0.39 is 27.6 Å². The van der Waals surface area contributed by atoms with Gasteiger partial charge in [0.15, 0.2) is 11.6 Å². The summed E-state index contributed by atoms with van der Waals surface area (Å²) in [5.74, 6) is -2.71. The van der Waals surface area contributed by atoms with Gasteiger partial charge < -0.3 is 5.32 Å². The molecule has 1 N–H and O–H groups in total. The molecule has 0 saturated heterocycles. The molecule has 134 valence electrons. The van der Waals surface area contributed by atoms with Gasteiger partial charge in [0.1, 0.15) is 0 Å². The van der Waals surface area contributed by atoms with Crippen molar-refractivity contribution in [2.24, 2.45) is 0 Å². The second-order valence-corrected chi connectivity index (χ2v) is 7.48. The number of amides is 1. The molecule has 9 heteroatoms. The van der Waals surface area contributed by atoms with Crippen LogP contribution in [0.25, 0.3) is 0 Å². The van der Waals surface area contributed by atoms with E-state index in [4.69, 9.17) is 11.6 Å². The minimum Gasteiger partial charge on any atom is -0.350 e. The molecule has 0 fully saturated rings. The minimum atomic E-state index is -3.75. The van der Waals surface area contributed by atoms with Gasteiger partial charge in [0.2, 0.25) is 10.0 Å². The van der Waals surface area contributed by atoms with Crippen molar-refractivity contribution < 1.29 is 22.0 Å². The maximum absolute atomic E-state index is 13.4. The number of halogens is 3. The molecule has 0 aliphatic carbocycles. The van der Waals surface area contributed by atoms with Gasteiger partial charge in [-0.05, 0) is 24.3 Å². The number of carbonyl (C=O) groups excluding carboxylic acids is 1. The number of anilines is 1. The average molecular weight is 389 g/mol. The maximum atomic E-state index is 13.4. The van der Waals surface area contributed by atoms with Crippen LogP contribution >= 0.6 is 11.6 Å². The summed E-state index contributed by atoms with van der Waals surface area (Å²) in [6, 6.07) is 9.17. The highest BCUT2D eigenvalue weighted by Gasteiger charge is 2.19. The van der Waals surface area contributed by atoms with Gasteiger partial charge in [-0.25, -0.2) is 17.2 Å². The van der Waals surface area contributed by atoms with E-state index in [2.05, 4.69) is 5.32 Å². The lowest BCUT2D eigenvalue weighted by atomic mass is 10.2. The van der Waals surface area contributed by atoms with Gasteiger partial charge in [-0.2, -0.15) is 0 Å². The summed E-state index contributed by atoms with van der Waals surface area (Å²) in [6.07, 6.45) is 0.935.